The zero-order valence-corrected chi connectivity index (χ0v) is 13.3. The topological polar surface area (TPSA) is 3.24 Å². The molecule has 0 radical (unpaired) electrons. The van der Waals surface area contributed by atoms with Gasteiger partial charge in [0.1, 0.15) is 0 Å². The summed E-state index contributed by atoms with van der Waals surface area (Å²) in [5.41, 5.74) is 2.62. The van der Waals surface area contributed by atoms with E-state index in [1.54, 1.807) is 0 Å². The van der Waals surface area contributed by atoms with Crippen molar-refractivity contribution in [1.82, 2.24) is 4.90 Å². The minimum absolute atomic E-state index is 0.681. The highest BCUT2D eigenvalue weighted by atomic mass is 15.1. The Bertz CT molecular complexity index is 315. The van der Waals surface area contributed by atoms with Gasteiger partial charge < -0.3 is 0 Å². The first-order valence-corrected chi connectivity index (χ1v) is 7.52. The van der Waals surface area contributed by atoms with Crippen molar-refractivity contribution in [2.24, 2.45) is 5.92 Å². The fourth-order valence-electron chi connectivity index (χ4n) is 2.34. The second-order valence-electron chi connectivity index (χ2n) is 4.69. The first-order valence-electron chi connectivity index (χ1n) is 7.52. The molecule has 0 aromatic rings. The van der Waals surface area contributed by atoms with Crippen LogP contribution >= 0.6 is 0 Å². The van der Waals surface area contributed by atoms with Gasteiger partial charge in [-0.05, 0) is 51.3 Å². The molecule has 0 saturated carbocycles. The molecule has 0 bridgehead atoms. The molecule has 1 saturated heterocycles. The lowest BCUT2D eigenvalue weighted by atomic mass is 9.89. The molecule has 0 atom stereocenters. The van der Waals surface area contributed by atoms with Gasteiger partial charge in [0.05, 0.1) is 0 Å². The Morgan fingerprint density at radius 2 is 1.79 bits per heavy atom. The third-order valence-corrected chi connectivity index (χ3v) is 3.53. The third kappa shape index (κ3) is 6.58. The van der Waals surface area contributed by atoms with Crippen molar-refractivity contribution in [2.75, 3.05) is 19.6 Å². The van der Waals surface area contributed by atoms with Crippen LogP contribution in [-0.2, 0) is 0 Å². The van der Waals surface area contributed by atoms with Gasteiger partial charge in [0.15, 0.2) is 0 Å². The van der Waals surface area contributed by atoms with E-state index in [2.05, 4.69) is 50.1 Å². The van der Waals surface area contributed by atoms with E-state index in [1.165, 1.54) is 37.1 Å². The van der Waals surface area contributed by atoms with Crippen LogP contribution in [0.25, 0.3) is 0 Å². The Kier molecular flexibility index (Phi) is 10.2. The summed E-state index contributed by atoms with van der Waals surface area (Å²) in [5.74, 6) is 0.681. The normalized spacial score (nSPS) is 18.0. The average Bonchev–Trinajstić information content (AvgIpc) is 2.47. The Balaban J connectivity index is 0.00000154. The summed E-state index contributed by atoms with van der Waals surface area (Å²) in [6.45, 7) is 19.5. The van der Waals surface area contributed by atoms with Crippen LogP contribution < -0.4 is 0 Å². The second kappa shape index (κ2) is 10.8. The van der Waals surface area contributed by atoms with Crippen molar-refractivity contribution in [3.05, 3.63) is 48.6 Å². The van der Waals surface area contributed by atoms with E-state index in [0.29, 0.717) is 5.92 Å². The summed E-state index contributed by atoms with van der Waals surface area (Å²) in [6, 6.07) is 0. The lowest BCUT2D eigenvalue weighted by Crippen LogP contribution is -2.35. The molecule has 0 amide bonds. The molecule has 1 heterocycles. The van der Waals surface area contributed by atoms with Gasteiger partial charge in [0.2, 0.25) is 0 Å². The van der Waals surface area contributed by atoms with E-state index < -0.39 is 0 Å². The molecule has 1 nitrogen and oxygen atoms in total. The largest absolute Gasteiger partial charge is 0.299 e. The number of rotatable bonds is 5. The van der Waals surface area contributed by atoms with Crippen molar-refractivity contribution in [3.8, 4) is 0 Å². The van der Waals surface area contributed by atoms with Crippen molar-refractivity contribution in [3.63, 3.8) is 0 Å². The molecule has 1 aliphatic heterocycles. The second-order valence-corrected chi connectivity index (χ2v) is 4.69. The van der Waals surface area contributed by atoms with Gasteiger partial charge in [0.25, 0.3) is 0 Å². The highest BCUT2D eigenvalue weighted by Gasteiger charge is 2.20. The molecule has 0 aliphatic carbocycles. The number of piperidine rings is 1. The smallest absolute Gasteiger partial charge is 0.0230 e. The number of nitrogens with zero attached hydrogens (tertiary/aromatic N) is 1. The van der Waals surface area contributed by atoms with Gasteiger partial charge in [0, 0.05) is 6.54 Å². The minimum atomic E-state index is 0.681. The van der Waals surface area contributed by atoms with Crippen LogP contribution in [0.3, 0.4) is 0 Å². The maximum Gasteiger partial charge on any atom is 0.0230 e. The van der Waals surface area contributed by atoms with Crippen molar-refractivity contribution < 1.29 is 0 Å². The Morgan fingerprint density at radius 3 is 2.21 bits per heavy atom. The third-order valence-electron chi connectivity index (χ3n) is 3.53. The zero-order chi connectivity index (χ0) is 14.7. The van der Waals surface area contributed by atoms with Gasteiger partial charge >= 0.3 is 0 Å². The van der Waals surface area contributed by atoms with Crippen LogP contribution in [0.4, 0.5) is 0 Å². The molecule has 1 aliphatic rings. The van der Waals surface area contributed by atoms with Gasteiger partial charge in [-0.15, -0.1) is 0 Å². The van der Waals surface area contributed by atoms with Crippen molar-refractivity contribution in [2.45, 2.75) is 40.5 Å². The van der Waals surface area contributed by atoms with E-state index in [1.807, 2.05) is 19.9 Å². The molecule has 1 heteroatoms. The van der Waals surface area contributed by atoms with E-state index in [0.717, 1.165) is 6.54 Å². The fourth-order valence-corrected chi connectivity index (χ4v) is 2.34. The highest BCUT2D eigenvalue weighted by molar-refractivity contribution is 5.19. The van der Waals surface area contributed by atoms with E-state index >= 15 is 0 Å². The molecule has 108 valence electrons. The molecule has 0 spiro atoms. The van der Waals surface area contributed by atoms with Gasteiger partial charge in [-0.1, -0.05) is 56.9 Å². The fraction of sp³-hybridized carbons (Fsp3) is 0.556. The Morgan fingerprint density at radius 1 is 1.21 bits per heavy atom. The molecule has 0 unspecified atom stereocenters. The van der Waals surface area contributed by atoms with Crippen LogP contribution in [0.1, 0.15) is 40.5 Å². The lowest BCUT2D eigenvalue weighted by molar-refractivity contribution is 0.216. The number of hydrogen-bond donors (Lipinski definition) is 0. The number of hydrogen-bond acceptors (Lipinski definition) is 1. The zero-order valence-electron chi connectivity index (χ0n) is 13.3. The summed E-state index contributed by atoms with van der Waals surface area (Å²) < 4.78 is 0. The quantitative estimate of drug-likeness (QED) is 0.630. The minimum Gasteiger partial charge on any atom is -0.299 e. The summed E-state index contributed by atoms with van der Waals surface area (Å²) in [7, 11) is 0. The highest BCUT2D eigenvalue weighted by Crippen LogP contribution is 2.24. The molecule has 1 fully saturated rings. The number of allylic oxidation sites excluding steroid dienone is 4. The lowest BCUT2D eigenvalue weighted by Gasteiger charge is -2.32. The maximum atomic E-state index is 4.15. The first-order chi connectivity index (χ1) is 9.21. The van der Waals surface area contributed by atoms with Crippen LogP contribution in [0.2, 0.25) is 0 Å². The Labute approximate surface area is 120 Å². The SMILES string of the molecule is C=C/C(=C\C)CN1CCC(C(=C)/C=C\C)CC1.CC. The van der Waals surface area contributed by atoms with Crippen LogP contribution in [0, 0.1) is 5.92 Å². The summed E-state index contributed by atoms with van der Waals surface area (Å²) >= 11 is 0. The summed E-state index contributed by atoms with van der Waals surface area (Å²) in [4.78, 5) is 2.51. The van der Waals surface area contributed by atoms with Crippen molar-refractivity contribution >= 4 is 0 Å². The van der Waals surface area contributed by atoms with Crippen molar-refractivity contribution in [1.29, 1.82) is 0 Å². The molecule has 1 rings (SSSR count). The van der Waals surface area contributed by atoms with E-state index in [9.17, 15) is 0 Å². The monoisotopic (exact) mass is 261 g/mol. The van der Waals surface area contributed by atoms with Crippen LogP contribution in [0.5, 0.6) is 0 Å². The summed E-state index contributed by atoms with van der Waals surface area (Å²) in [6.07, 6.45) is 10.8. The molecule has 19 heavy (non-hydrogen) atoms. The maximum absolute atomic E-state index is 4.15. The predicted molar refractivity (Wildman–Crippen MR) is 88.4 cm³/mol. The molecule has 0 N–H and O–H groups in total. The molecule has 0 aromatic heterocycles. The van der Waals surface area contributed by atoms with Gasteiger partial charge in [-0.3, -0.25) is 4.90 Å². The van der Waals surface area contributed by atoms with Gasteiger partial charge in [-0.2, -0.15) is 0 Å². The number of likely N-dealkylation sites (tertiary alicyclic amines) is 1. The predicted octanol–water partition coefficient (Wildman–Crippen LogP) is 4.99. The van der Waals surface area contributed by atoms with Crippen LogP contribution in [-0.4, -0.2) is 24.5 Å². The molecular weight excluding hydrogens is 230 g/mol. The molecular formula is C18H31N. The first kappa shape index (κ1) is 17.9. The summed E-state index contributed by atoms with van der Waals surface area (Å²) in [5, 5.41) is 0. The molecule has 0 aromatic carbocycles. The average molecular weight is 261 g/mol. The van der Waals surface area contributed by atoms with Crippen LogP contribution in [0.15, 0.2) is 48.6 Å². The van der Waals surface area contributed by atoms with E-state index in [4.69, 9.17) is 0 Å². The Hall–Kier alpha value is -1.08. The van der Waals surface area contributed by atoms with E-state index in [-0.39, 0.29) is 0 Å². The van der Waals surface area contributed by atoms with Gasteiger partial charge in [-0.25, -0.2) is 0 Å². The standard InChI is InChI=1S/C16H25N.C2H6/c1-5-8-14(4)16-9-11-17(12-10-16)13-15(6-2)7-3;1-2/h5-8,16H,2,4,9-13H2,1,3H3;1-2H3/b8-5-,15-7+;.